The molecule has 1 heterocycles. The largest absolute Gasteiger partial charge is 0.382 e. The zero-order chi connectivity index (χ0) is 5.28. The van der Waals surface area contributed by atoms with Crippen LogP contribution in [0.2, 0.25) is 5.02 Å². The van der Waals surface area contributed by atoms with E-state index in [-0.39, 0.29) is 0 Å². The van der Waals surface area contributed by atoms with Gasteiger partial charge in [0, 0.05) is 5.38 Å². The Hall–Kier alpha value is -0.280. The molecule has 0 unspecified atom stereocenters. The van der Waals surface area contributed by atoms with Crippen LogP contribution >= 0.6 is 23.1 Å². The van der Waals surface area contributed by atoms with E-state index in [1.807, 2.05) is 0 Å². The van der Waals surface area contributed by atoms with Gasteiger partial charge in [-0.05, 0) is 11.5 Å². The second-order valence-electron chi connectivity index (χ2n) is 1.05. The van der Waals surface area contributed by atoms with Crippen molar-refractivity contribution in [1.29, 1.82) is 0 Å². The maximum Gasteiger partial charge on any atom is 0.155 e. The molecular formula is C3H3ClN2S. The number of hydrogen-bond donors (Lipinski definition) is 1. The van der Waals surface area contributed by atoms with Crippen LogP contribution in [0.4, 0.5) is 5.82 Å². The first-order chi connectivity index (χ1) is 3.30. The first kappa shape index (κ1) is 4.87. The van der Waals surface area contributed by atoms with Gasteiger partial charge in [0.05, 0.1) is 5.02 Å². The summed E-state index contributed by atoms with van der Waals surface area (Å²) in [5, 5.41) is 2.24. The molecule has 4 heteroatoms. The Bertz CT molecular complexity index is 145. The molecule has 0 atom stereocenters. The van der Waals surface area contributed by atoms with Gasteiger partial charge in [0.15, 0.2) is 5.82 Å². The zero-order valence-corrected chi connectivity index (χ0v) is 4.96. The average Bonchev–Trinajstić information content (AvgIpc) is 1.91. The highest BCUT2D eigenvalue weighted by atomic mass is 35.5. The van der Waals surface area contributed by atoms with Crippen molar-refractivity contribution in [1.82, 2.24) is 4.37 Å². The maximum absolute atomic E-state index is 5.45. The SMILES string of the molecule is Nc1nscc1Cl. The predicted molar refractivity (Wildman–Crippen MR) is 31.5 cm³/mol. The van der Waals surface area contributed by atoms with Crippen LogP contribution in [0, 0.1) is 0 Å². The molecule has 2 N–H and O–H groups in total. The molecule has 1 aromatic rings. The lowest BCUT2D eigenvalue weighted by Gasteiger charge is -1.76. The highest BCUT2D eigenvalue weighted by Gasteiger charge is 1.92. The summed E-state index contributed by atoms with van der Waals surface area (Å²) < 4.78 is 3.70. The Morgan fingerprint density at radius 2 is 2.57 bits per heavy atom. The third-order valence-electron chi connectivity index (χ3n) is 0.552. The van der Waals surface area contributed by atoms with Gasteiger partial charge in [0.1, 0.15) is 0 Å². The first-order valence-corrected chi connectivity index (χ1v) is 2.87. The van der Waals surface area contributed by atoms with Crippen molar-refractivity contribution in [3.05, 3.63) is 10.4 Å². The molecule has 0 aromatic carbocycles. The zero-order valence-electron chi connectivity index (χ0n) is 3.39. The summed E-state index contributed by atoms with van der Waals surface area (Å²) in [5.74, 6) is 0.423. The minimum atomic E-state index is 0.423. The smallest absolute Gasteiger partial charge is 0.155 e. The molecule has 0 aliphatic rings. The lowest BCUT2D eigenvalue weighted by atomic mass is 10.7. The molecular weight excluding hydrogens is 132 g/mol. The fourth-order valence-electron chi connectivity index (χ4n) is 0.233. The lowest BCUT2D eigenvalue weighted by Crippen LogP contribution is -1.81. The summed E-state index contributed by atoms with van der Waals surface area (Å²) in [5.41, 5.74) is 5.21. The lowest BCUT2D eigenvalue weighted by molar-refractivity contribution is 1.56. The topological polar surface area (TPSA) is 38.9 Å². The Labute approximate surface area is 50.1 Å². The third kappa shape index (κ3) is 0.838. The van der Waals surface area contributed by atoms with Gasteiger partial charge in [-0.2, -0.15) is 4.37 Å². The van der Waals surface area contributed by atoms with Crippen molar-refractivity contribution in [3.63, 3.8) is 0 Å². The Morgan fingerprint density at radius 1 is 1.86 bits per heavy atom. The van der Waals surface area contributed by atoms with Crippen molar-refractivity contribution in [3.8, 4) is 0 Å². The third-order valence-corrected chi connectivity index (χ3v) is 1.63. The molecule has 0 aliphatic carbocycles. The van der Waals surface area contributed by atoms with Crippen LogP contribution in [0.5, 0.6) is 0 Å². The molecule has 0 saturated heterocycles. The number of halogens is 1. The second kappa shape index (κ2) is 1.68. The van der Waals surface area contributed by atoms with Gasteiger partial charge in [-0.3, -0.25) is 0 Å². The molecule has 0 aliphatic heterocycles. The Balaban J connectivity index is 3.12. The van der Waals surface area contributed by atoms with E-state index in [1.165, 1.54) is 11.5 Å². The minimum absolute atomic E-state index is 0.423. The summed E-state index contributed by atoms with van der Waals surface area (Å²) in [6.07, 6.45) is 0. The van der Waals surface area contributed by atoms with Crippen LogP contribution in [0.25, 0.3) is 0 Å². The molecule has 7 heavy (non-hydrogen) atoms. The molecule has 0 spiro atoms. The van der Waals surface area contributed by atoms with Gasteiger partial charge < -0.3 is 5.73 Å². The van der Waals surface area contributed by atoms with Crippen LogP contribution in [0.15, 0.2) is 5.38 Å². The monoisotopic (exact) mass is 134 g/mol. The summed E-state index contributed by atoms with van der Waals surface area (Å²) >= 11 is 6.71. The number of nitrogens with two attached hydrogens (primary N) is 1. The van der Waals surface area contributed by atoms with Crippen LogP contribution in [0.3, 0.4) is 0 Å². The van der Waals surface area contributed by atoms with E-state index in [0.717, 1.165) is 0 Å². The molecule has 0 saturated carbocycles. The summed E-state index contributed by atoms with van der Waals surface area (Å²) in [6.45, 7) is 0. The fourth-order valence-corrected chi connectivity index (χ4v) is 0.923. The van der Waals surface area contributed by atoms with Crippen LogP contribution in [-0.2, 0) is 0 Å². The number of hydrogen-bond acceptors (Lipinski definition) is 3. The number of nitrogens with zero attached hydrogens (tertiary/aromatic N) is 1. The molecule has 0 bridgehead atoms. The van der Waals surface area contributed by atoms with Gasteiger partial charge in [-0.25, -0.2) is 0 Å². The minimum Gasteiger partial charge on any atom is -0.382 e. The van der Waals surface area contributed by atoms with Gasteiger partial charge in [-0.15, -0.1) is 0 Å². The molecule has 2 nitrogen and oxygen atoms in total. The van der Waals surface area contributed by atoms with Crippen molar-refractivity contribution in [2.24, 2.45) is 0 Å². The first-order valence-electron chi connectivity index (χ1n) is 1.66. The van der Waals surface area contributed by atoms with Crippen LogP contribution in [0.1, 0.15) is 0 Å². The van der Waals surface area contributed by atoms with Crippen molar-refractivity contribution in [2.45, 2.75) is 0 Å². The van der Waals surface area contributed by atoms with E-state index in [9.17, 15) is 0 Å². The van der Waals surface area contributed by atoms with Crippen molar-refractivity contribution >= 4 is 29.0 Å². The van der Waals surface area contributed by atoms with E-state index >= 15 is 0 Å². The van der Waals surface area contributed by atoms with Gasteiger partial charge in [0.25, 0.3) is 0 Å². The molecule has 0 fully saturated rings. The summed E-state index contributed by atoms with van der Waals surface area (Å²) in [4.78, 5) is 0. The normalized spacial score (nSPS) is 9.29. The molecule has 1 rings (SSSR count). The second-order valence-corrected chi connectivity index (χ2v) is 2.08. The highest BCUT2D eigenvalue weighted by molar-refractivity contribution is 7.04. The van der Waals surface area contributed by atoms with Crippen LogP contribution in [-0.4, -0.2) is 4.37 Å². The molecule has 0 amide bonds. The van der Waals surface area contributed by atoms with Gasteiger partial charge in [0.2, 0.25) is 0 Å². The van der Waals surface area contributed by atoms with E-state index in [1.54, 1.807) is 5.38 Å². The van der Waals surface area contributed by atoms with E-state index in [0.29, 0.717) is 10.8 Å². The van der Waals surface area contributed by atoms with Gasteiger partial charge in [-0.1, -0.05) is 11.6 Å². The van der Waals surface area contributed by atoms with Crippen LogP contribution < -0.4 is 5.73 Å². The van der Waals surface area contributed by atoms with E-state index in [2.05, 4.69) is 4.37 Å². The standard InChI is InChI=1S/C3H3ClN2S/c4-2-1-7-6-3(2)5/h1H,(H2,5,6). The van der Waals surface area contributed by atoms with Gasteiger partial charge >= 0.3 is 0 Å². The predicted octanol–water partition coefficient (Wildman–Crippen LogP) is 1.38. The molecule has 1 aromatic heterocycles. The van der Waals surface area contributed by atoms with Crippen molar-refractivity contribution in [2.75, 3.05) is 5.73 Å². The van der Waals surface area contributed by atoms with E-state index < -0.39 is 0 Å². The molecule has 0 radical (unpaired) electrons. The summed E-state index contributed by atoms with van der Waals surface area (Å²) in [6, 6.07) is 0. The number of rotatable bonds is 0. The quantitative estimate of drug-likeness (QED) is 0.582. The van der Waals surface area contributed by atoms with E-state index in [4.69, 9.17) is 17.3 Å². The molecule has 38 valence electrons. The average molecular weight is 135 g/mol. The highest BCUT2D eigenvalue weighted by Crippen LogP contribution is 2.17. The number of anilines is 1. The van der Waals surface area contributed by atoms with Crippen molar-refractivity contribution < 1.29 is 0 Å². The number of aromatic nitrogens is 1. The summed E-state index contributed by atoms with van der Waals surface area (Å²) in [7, 11) is 0. The maximum atomic E-state index is 5.45. The number of nitrogen functional groups attached to an aromatic ring is 1. The fraction of sp³-hybridized carbons (Fsp3) is 0. The Morgan fingerprint density at radius 3 is 2.71 bits per heavy atom. The Kier molecular flexibility index (Phi) is 1.17.